The van der Waals surface area contributed by atoms with Crippen molar-refractivity contribution >= 4 is 29.0 Å². The van der Waals surface area contributed by atoms with E-state index in [0.29, 0.717) is 21.3 Å². The van der Waals surface area contributed by atoms with Gasteiger partial charge in [-0.3, -0.25) is 4.79 Å². The Hall–Kier alpha value is -1.25. The van der Waals surface area contributed by atoms with E-state index in [-0.39, 0.29) is 5.78 Å². The lowest BCUT2D eigenvalue weighted by Crippen LogP contribution is -2.09. The molecule has 0 aliphatic carbocycles. The average Bonchev–Trinajstić information content (AvgIpc) is 2.89. The van der Waals surface area contributed by atoms with Gasteiger partial charge in [0.15, 0.2) is 0 Å². The fourth-order valence-electron chi connectivity index (χ4n) is 2.41. The number of carbonyl (C=O) groups is 1. The molecule has 92 valence electrons. The quantitative estimate of drug-likeness (QED) is 0.763. The molecule has 2 aromatic rings. The van der Waals surface area contributed by atoms with Crippen LogP contribution in [0.2, 0.25) is 10.0 Å². The summed E-state index contributed by atoms with van der Waals surface area (Å²) in [6, 6.07) is 8.80. The number of ketones is 1. The van der Waals surface area contributed by atoms with Gasteiger partial charge in [-0.15, -0.1) is 0 Å². The van der Waals surface area contributed by atoms with Gasteiger partial charge in [-0.25, -0.2) is 0 Å². The lowest BCUT2D eigenvalue weighted by molar-refractivity contribution is 0.103. The molecule has 0 saturated heterocycles. The second-order valence-corrected chi connectivity index (χ2v) is 5.27. The van der Waals surface area contributed by atoms with E-state index < -0.39 is 0 Å². The Morgan fingerprint density at radius 3 is 2.61 bits per heavy atom. The molecule has 1 aliphatic heterocycles. The van der Waals surface area contributed by atoms with E-state index in [1.165, 1.54) is 0 Å². The summed E-state index contributed by atoms with van der Waals surface area (Å²) >= 11 is 12.0. The van der Waals surface area contributed by atoms with Crippen molar-refractivity contribution in [1.29, 1.82) is 0 Å². The van der Waals surface area contributed by atoms with E-state index >= 15 is 0 Å². The molecule has 0 atom stereocenters. The van der Waals surface area contributed by atoms with Crippen LogP contribution in [-0.4, -0.2) is 10.4 Å². The van der Waals surface area contributed by atoms with Gasteiger partial charge >= 0.3 is 0 Å². The number of aryl methyl sites for hydroxylation is 1. The van der Waals surface area contributed by atoms with Crippen molar-refractivity contribution in [3.63, 3.8) is 0 Å². The van der Waals surface area contributed by atoms with E-state index in [1.807, 2.05) is 10.6 Å². The number of benzene rings is 1. The number of rotatable bonds is 2. The maximum Gasteiger partial charge on any atom is 0.210 e. The van der Waals surface area contributed by atoms with Crippen LogP contribution in [0.25, 0.3) is 0 Å². The van der Waals surface area contributed by atoms with Gasteiger partial charge in [-0.1, -0.05) is 23.2 Å². The van der Waals surface area contributed by atoms with E-state index in [0.717, 1.165) is 25.1 Å². The molecule has 1 aromatic heterocycles. The molecule has 0 fully saturated rings. The fraction of sp³-hybridized carbons (Fsp3) is 0.214. The highest BCUT2D eigenvalue weighted by molar-refractivity contribution is 6.35. The minimum Gasteiger partial charge on any atom is -0.341 e. The zero-order chi connectivity index (χ0) is 12.7. The molecular formula is C14H11Cl2NO. The summed E-state index contributed by atoms with van der Waals surface area (Å²) in [6.45, 7) is 0.872. The maximum atomic E-state index is 12.5. The summed E-state index contributed by atoms with van der Waals surface area (Å²) in [5.41, 5.74) is 2.37. The topological polar surface area (TPSA) is 22.0 Å². The highest BCUT2D eigenvalue weighted by Gasteiger charge is 2.23. The summed E-state index contributed by atoms with van der Waals surface area (Å²) < 4.78 is 2.03. The second kappa shape index (κ2) is 4.45. The van der Waals surface area contributed by atoms with Gasteiger partial charge in [0.2, 0.25) is 5.78 Å². The van der Waals surface area contributed by atoms with Crippen LogP contribution in [-0.2, 0) is 13.0 Å². The number of halogens is 2. The molecule has 0 N–H and O–H groups in total. The third-order valence-electron chi connectivity index (χ3n) is 3.27. The van der Waals surface area contributed by atoms with E-state index in [1.54, 1.807) is 24.3 Å². The number of hydrogen-bond donors (Lipinski definition) is 0. The fourth-order valence-corrected chi connectivity index (χ4v) is 2.85. The van der Waals surface area contributed by atoms with Crippen molar-refractivity contribution in [2.45, 2.75) is 19.4 Å². The number of hydrogen-bond acceptors (Lipinski definition) is 1. The predicted molar refractivity (Wildman–Crippen MR) is 72.6 cm³/mol. The predicted octanol–water partition coefficient (Wildman–Crippen LogP) is 3.97. The van der Waals surface area contributed by atoms with Crippen LogP contribution in [0.4, 0.5) is 0 Å². The Bertz CT molecular complexity index is 613. The van der Waals surface area contributed by atoms with Crippen LogP contribution in [0.15, 0.2) is 30.3 Å². The summed E-state index contributed by atoms with van der Waals surface area (Å²) in [7, 11) is 0. The number of carbonyl (C=O) groups excluding carboxylic acids is 1. The molecule has 0 spiro atoms. The molecular weight excluding hydrogens is 269 g/mol. The van der Waals surface area contributed by atoms with Crippen molar-refractivity contribution in [2.75, 3.05) is 0 Å². The van der Waals surface area contributed by atoms with Crippen LogP contribution in [0.3, 0.4) is 0 Å². The number of aromatic nitrogens is 1. The third kappa shape index (κ3) is 1.86. The normalized spacial score (nSPS) is 13.7. The highest BCUT2D eigenvalue weighted by Crippen LogP contribution is 2.29. The lowest BCUT2D eigenvalue weighted by atomic mass is 10.1. The zero-order valence-electron chi connectivity index (χ0n) is 9.62. The lowest BCUT2D eigenvalue weighted by Gasteiger charge is -2.06. The van der Waals surface area contributed by atoms with Crippen molar-refractivity contribution in [1.82, 2.24) is 4.57 Å². The minimum absolute atomic E-state index is 0.0372. The maximum absolute atomic E-state index is 12.5. The van der Waals surface area contributed by atoms with Crippen LogP contribution >= 0.6 is 23.2 Å². The van der Waals surface area contributed by atoms with Gasteiger partial charge in [0.05, 0.1) is 5.02 Å². The Morgan fingerprint density at radius 2 is 1.89 bits per heavy atom. The molecule has 0 unspecified atom stereocenters. The van der Waals surface area contributed by atoms with Crippen molar-refractivity contribution in [3.05, 3.63) is 57.3 Å². The SMILES string of the molecule is O=C(c1ccc(Cl)cc1)c1c(Cl)cc2n1CCC2. The summed E-state index contributed by atoms with van der Waals surface area (Å²) in [5.74, 6) is -0.0372. The molecule has 3 rings (SSSR count). The first-order chi connectivity index (χ1) is 8.66. The molecule has 4 heteroatoms. The van der Waals surface area contributed by atoms with Gasteiger partial charge in [0.25, 0.3) is 0 Å². The third-order valence-corrected chi connectivity index (χ3v) is 3.81. The zero-order valence-corrected chi connectivity index (χ0v) is 11.1. The van der Waals surface area contributed by atoms with Crippen molar-refractivity contribution in [3.8, 4) is 0 Å². The molecule has 0 bridgehead atoms. The van der Waals surface area contributed by atoms with Gasteiger partial charge in [-0.2, -0.15) is 0 Å². The van der Waals surface area contributed by atoms with Crippen molar-refractivity contribution < 1.29 is 4.79 Å². The van der Waals surface area contributed by atoms with Crippen LogP contribution in [0.1, 0.15) is 28.2 Å². The standard InChI is InChI=1S/C14H11Cl2NO/c15-10-5-3-9(4-6-10)14(18)13-12(16)8-11-2-1-7-17(11)13/h3-6,8H,1-2,7H2. The van der Waals surface area contributed by atoms with Crippen LogP contribution in [0.5, 0.6) is 0 Å². The Kier molecular flexibility index (Phi) is 2.92. The first kappa shape index (κ1) is 11.8. The second-order valence-electron chi connectivity index (χ2n) is 4.42. The van der Waals surface area contributed by atoms with E-state index in [2.05, 4.69) is 0 Å². The minimum atomic E-state index is -0.0372. The smallest absolute Gasteiger partial charge is 0.210 e. The molecule has 0 radical (unpaired) electrons. The van der Waals surface area contributed by atoms with Crippen LogP contribution < -0.4 is 0 Å². The summed E-state index contributed by atoms with van der Waals surface area (Å²) in [5, 5.41) is 1.17. The summed E-state index contributed by atoms with van der Waals surface area (Å²) in [6.07, 6.45) is 2.07. The van der Waals surface area contributed by atoms with Crippen molar-refractivity contribution in [2.24, 2.45) is 0 Å². The highest BCUT2D eigenvalue weighted by atomic mass is 35.5. The van der Waals surface area contributed by atoms with Crippen LogP contribution in [0, 0.1) is 0 Å². The molecule has 1 aliphatic rings. The van der Waals surface area contributed by atoms with E-state index in [4.69, 9.17) is 23.2 Å². The van der Waals surface area contributed by atoms with Gasteiger partial charge in [-0.05, 0) is 43.2 Å². The van der Waals surface area contributed by atoms with Gasteiger partial charge < -0.3 is 4.57 Å². The Morgan fingerprint density at radius 1 is 1.17 bits per heavy atom. The molecule has 2 heterocycles. The molecule has 18 heavy (non-hydrogen) atoms. The average molecular weight is 280 g/mol. The molecule has 1 aromatic carbocycles. The molecule has 2 nitrogen and oxygen atoms in total. The largest absolute Gasteiger partial charge is 0.341 e. The molecule has 0 saturated carbocycles. The van der Waals surface area contributed by atoms with E-state index in [9.17, 15) is 4.79 Å². The Balaban J connectivity index is 2.05. The van der Waals surface area contributed by atoms with Gasteiger partial charge in [0.1, 0.15) is 5.69 Å². The number of nitrogens with zero attached hydrogens (tertiary/aromatic N) is 1. The first-order valence-corrected chi connectivity index (χ1v) is 6.60. The first-order valence-electron chi connectivity index (χ1n) is 5.85. The monoisotopic (exact) mass is 279 g/mol. The number of fused-ring (bicyclic) bond motifs is 1. The molecule has 0 amide bonds. The Labute approximate surface area is 115 Å². The summed E-state index contributed by atoms with van der Waals surface area (Å²) in [4.78, 5) is 12.5. The van der Waals surface area contributed by atoms with Gasteiger partial charge in [0, 0.05) is 22.8 Å².